The van der Waals surface area contributed by atoms with Crippen molar-refractivity contribution in [2.24, 2.45) is 0 Å². The summed E-state index contributed by atoms with van der Waals surface area (Å²) in [6.07, 6.45) is 8.23. The first-order chi connectivity index (χ1) is 7.93. The highest BCUT2D eigenvalue weighted by Crippen LogP contribution is 1.99. The summed E-state index contributed by atoms with van der Waals surface area (Å²) in [7, 11) is 0. The van der Waals surface area contributed by atoms with E-state index in [9.17, 15) is 0 Å². The van der Waals surface area contributed by atoms with Crippen LogP contribution >= 0.6 is 0 Å². The Hall–Kier alpha value is -1.38. The summed E-state index contributed by atoms with van der Waals surface area (Å²) in [6.45, 7) is 1.43. The molecular weight excluding hydrogens is 200 g/mol. The molecule has 1 rings (SSSR count). The first-order valence-corrected chi connectivity index (χ1v) is 5.47. The van der Waals surface area contributed by atoms with Gasteiger partial charge < -0.3 is 9.84 Å². The van der Waals surface area contributed by atoms with Crippen molar-refractivity contribution in [3.05, 3.63) is 60.2 Å². The predicted molar refractivity (Wildman–Crippen MR) is 66.3 cm³/mol. The molecule has 0 saturated carbocycles. The van der Waals surface area contributed by atoms with Crippen LogP contribution in [0.25, 0.3) is 0 Å². The Balaban J connectivity index is 2.04. The molecule has 0 atom stereocenters. The van der Waals surface area contributed by atoms with E-state index in [1.807, 2.05) is 30.4 Å². The quantitative estimate of drug-likeness (QED) is 0.562. The van der Waals surface area contributed by atoms with Gasteiger partial charge in [0.25, 0.3) is 0 Å². The lowest BCUT2D eigenvalue weighted by molar-refractivity contribution is 0.166. The van der Waals surface area contributed by atoms with Crippen molar-refractivity contribution in [2.45, 2.75) is 6.42 Å². The van der Waals surface area contributed by atoms with Gasteiger partial charge in [-0.1, -0.05) is 54.6 Å². The molecular formula is C14H18O2. The van der Waals surface area contributed by atoms with Gasteiger partial charge in [-0.15, -0.1) is 0 Å². The number of hydrogen-bond donors (Lipinski definition) is 1. The fourth-order valence-corrected chi connectivity index (χ4v) is 1.26. The Morgan fingerprint density at radius 2 is 1.81 bits per heavy atom. The van der Waals surface area contributed by atoms with Gasteiger partial charge in [0.1, 0.15) is 0 Å². The lowest BCUT2D eigenvalue weighted by Crippen LogP contribution is -1.98. The van der Waals surface area contributed by atoms with E-state index in [0.717, 1.165) is 13.0 Å². The molecule has 2 nitrogen and oxygen atoms in total. The van der Waals surface area contributed by atoms with Crippen LogP contribution in [0.15, 0.2) is 54.6 Å². The van der Waals surface area contributed by atoms with Gasteiger partial charge in [0, 0.05) is 0 Å². The van der Waals surface area contributed by atoms with E-state index in [1.54, 1.807) is 12.2 Å². The van der Waals surface area contributed by atoms with Gasteiger partial charge in [0.15, 0.2) is 0 Å². The first-order valence-electron chi connectivity index (χ1n) is 5.47. The standard InChI is InChI=1S/C14H18O2/c15-11-6-1-2-7-12-16-13-10-14-8-4-3-5-9-14/h1-9,15H,10-13H2/b6-1+,7-2+. The molecule has 0 unspecified atom stereocenters. The van der Waals surface area contributed by atoms with Crippen LogP contribution in [0.2, 0.25) is 0 Å². The van der Waals surface area contributed by atoms with Gasteiger partial charge in [-0.25, -0.2) is 0 Å². The summed E-state index contributed by atoms with van der Waals surface area (Å²) in [5.74, 6) is 0. The average Bonchev–Trinajstić information content (AvgIpc) is 2.34. The van der Waals surface area contributed by atoms with Crippen LogP contribution in [0.5, 0.6) is 0 Å². The molecule has 0 aliphatic heterocycles. The van der Waals surface area contributed by atoms with Crippen molar-refractivity contribution in [3.63, 3.8) is 0 Å². The molecule has 0 aliphatic carbocycles. The second-order valence-electron chi connectivity index (χ2n) is 3.35. The molecule has 86 valence electrons. The second-order valence-corrected chi connectivity index (χ2v) is 3.35. The van der Waals surface area contributed by atoms with E-state index in [0.29, 0.717) is 6.61 Å². The third-order valence-corrected chi connectivity index (χ3v) is 2.08. The topological polar surface area (TPSA) is 29.5 Å². The fraction of sp³-hybridized carbons (Fsp3) is 0.286. The predicted octanol–water partition coefficient (Wildman–Crippen LogP) is 2.35. The molecule has 0 aromatic heterocycles. The van der Waals surface area contributed by atoms with Crippen LogP contribution < -0.4 is 0 Å². The lowest BCUT2D eigenvalue weighted by Gasteiger charge is -2.00. The zero-order valence-corrected chi connectivity index (χ0v) is 9.38. The minimum atomic E-state index is 0.0825. The number of hydrogen-bond acceptors (Lipinski definition) is 2. The van der Waals surface area contributed by atoms with Gasteiger partial charge in [-0.05, 0) is 12.0 Å². The Bertz CT molecular complexity index is 315. The maximum Gasteiger partial charge on any atom is 0.0650 e. The van der Waals surface area contributed by atoms with Crippen LogP contribution in [0.4, 0.5) is 0 Å². The Labute approximate surface area is 96.9 Å². The zero-order valence-electron chi connectivity index (χ0n) is 9.38. The van der Waals surface area contributed by atoms with Crippen LogP contribution in [0.3, 0.4) is 0 Å². The van der Waals surface area contributed by atoms with E-state index in [4.69, 9.17) is 9.84 Å². The molecule has 0 radical (unpaired) electrons. The van der Waals surface area contributed by atoms with Crippen molar-refractivity contribution < 1.29 is 9.84 Å². The molecule has 1 N–H and O–H groups in total. The van der Waals surface area contributed by atoms with Crippen molar-refractivity contribution in [3.8, 4) is 0 Å². The second kappa shape index (κ2) is 8.89. The smallest absolute Gasteiger partial charge is 0.0650 e. The van der Waals surface area contributed by atoms with E-state index in [-0.39, 0.29) is 6.61 Å². The highest BCUT2D eigenvalue weighted by Gasteiger charge is 1.89. The van der Waals surface area contributed by atoms with Gasteiger partial charge in [0.05, 0.1) is 19.8 Å². The molecule has 1 aromatic rings. The SMILES string of the molecule is OC/C=C/C=C/COCCc1ccccc1. The molecule has 2 heteroatoms. The van der Waals surface area contributed by atoms with Gasteiger partial charge in [-0.3, -0.25) is 0 Å². The summed E-state index contributed by atoms with van der Waals surface area (Å²) >= 11 is 0. The van der Waals surface area contributed by atoms with E-state index >= 15 is 0 Å². The molecule has 0 amide bonds. The monoisotopic (exact) mass is 218 g/mol. The molecule has 0 fully saturated rings. The maximum absolute atomic E-state index is 8.48. The van der Waals surface area contributed by atoms with Crippen molar-refractivity contribution in [2.75, 3.05) is 19.8 Å². The molecule has 0 bridgehead atoms. The molecule has 1 aromatic carbocycles. The highest BCUT2D eigenvalue weighted by molar-refractivity contribution is 5.14. The summed E-state index contributed by atoms with van der Waals surface area (Å²) in [6, 6.07) is 10.3. The van der Waals surface area contributed by atoms with Gasteiger partial charge in [0.2, 0.25) is 0 Å². The third kappa shape index (κ3) is 6.17. The summed E-state index contributed by atoms with van der Waals surface area (Å²) < 4.78 is 5.43. The number of aliphatic hydroxyl groups excluding tert-OH is 1. The molecule has 16 heavy (non-hydrogen) atoms. The Morgan fingerprint density at radius 3 is 2.56 bits per heavy atom. The van der Waals surface area contributed by atoms with Gasteiger partial charge in [-0.2, -0.15) is 0 Å². The molecule has 0 heterocycles. The summed E-state index contributed by atoms with van der Waals surface area (Å²) in [5.41, 5.74) is 1.30. The molecule has 0 spiro atoms. The van der Waals surface area contributed by atoms with E-state index in [2.05, 4.69) is 12.1 Å². The number of aliphatic hydroxyl groups is 1. The van der Waals surface area contributed by atoms with Crippen molar-refractivity contribution in [1.29, 1.82) is 0 Å². The van der Waals surface area contributed by atoms with Gasteiger partial charge >= 0.3 is 0 Å². The largest absolute Gasteiger partial charge is 0.392 e. The number of allylic oxidation sites excluding steroid dienone is 2. The fourth-order valence-electron chi connectivity index (χ4n) is 1.26. The zero-order chi connectivity index (χ0) is 11.5. The van der Waals surface area contributed by atoms with Crippen LogP contribution in [-0.2, 0) is 11.2 Å². The molecule has 0 saturated heterocycles. The Morgan fingerprint density at radius 1 is 1.06 bits per heavy atom. The maximum atomic E-state index is 8.48. The number of rotatable bonds is 7. The van der Waals surface area contributed by atoms with Crippen LogP contribution in [0.1, 0.15) is 5.56 Å². The molecule has 0 aliphatic rings. The van der Waals surface area contributed by atoms with E-state index < -0.39 is 0 Å². The number of benzene rings is 1. The first kappa shape index (κ1) is 12.7. The summed E-state index contributed by atoms with van der Waals surface area (Å²) in [4.78, 5) is 0. The minimum absolute atomic E-state index is 0.0825. The van der Waals surface area contributed by atoms with Crippen molar-refractivity contribution >= 4 is 0 Å². The highest BCUT2D eigenvalue weighted by atomic mass is 16.5. The number of ether oxygens (including phenoxy) is 1. The van der Waals surface area contributed by atoms with Crippen LogP contribution in [0, 0.1) is 0 Å². The van der Waals surface area contributed by atoms with Crippen LogP contribution in [-0.4, -0.2) is 24.9 Å². The third-order valence-electron chi connectivity index (χ3n) is 2.08. The van der Waals surface area contributed by atoms with Crippen molar-refractivity contribution in [1.82, 2.24) is 0 Å². The lowest BCUT2D eigenvalue weighted by atomic mass is 10.2. The normalized spacial score (nSPS) is 11.6. The Kier molecular flexibility index (Phi) is 7.05. The van der Waals surface area contributed by atoms with E-state index in [1.165, 1.54) is 5.56 Å². The average molecular weight is 218 g/mol. The summed E-state index contributed by atoms with van der Waals surface area (Å²) in [5, 5.41) is 8.48. The minimum Gasteiger partial charge on any atom is -0.392 e.